The maximum absolute atomic E-state index is 12.0. The number of pyridine rings is 1. The fraction of sp³-hybridized carbons (Fsp3) is 0.300. The van der Waals surface area contributed by atoms with Gasteiger partial charge in [0.05, 0.1) is 33.5 Å². The highest BCUT2D eigenvalue weighted by molar-refractivity contribution is 5.94. The van der Waals surface area contributed by atoms with Crippen LogP contribution in [0.15, 0.2) is 79.1 Å². The minimum Gasteiger partial charge on any atom is -0.497 e. The number of benzene rings is 2. The molecule has 2 aromatic heterocycles. The highest BCUT2D eigenvalue weighted by Crippen LogP contribution is 2.14. The highest BCUT2D eigenvalue weighted by Gasteiger charge is 2.08. The van der Waals surface area contributed by atoms with Crippen LogP contribution in [0.5, 0.6) is 5.75 Å². The molecule has 4 aromatic rings. The van der Waals surface area contributed by atoms with E-state index in [1.54, 1.807) is 31.6 Å². The van der Waals surface area contributed by atoms with Crippen LogP contribution in [-0.4, -0.2) is 72.5 Å². The van der Waals surface area contributed by atoms with Crippen molar-refractivity contribution in [2.45, 2.75) is 13.1 Å². The second kappa shape index (κ2) is 17.1. The van der Waals surface area contributed by atoms with Crippen molar-refractivity contribution in [2.75, 3.05) is 62.6 Å². The number of ether oxygens (including phenoxy) is 3. The van der Waals surface area contributed by atoms with Crippen LogP contribution in [-0.2, 0) is 22.6 Å². The first-order valence-electron chi connectivity index (χ1n) is 13.7. The van der Waals surface area contributed by atoms with Gasteiger partial charge in [0.15, 0.2) is 0 Å². The van der Waals surface area contributed by atoms with Crippen LogP contribution in [0.4, 0.5) is 17.8 Å². The molecule has 42 heavy (non-hydrogen) atoms. The van der Waals surface area contributed by atoms with Crippen molar-refractivity contribution in [3.63, 3.8) is 0 Å². The van der Waals surface area contributed by atoms with E-state index in [-0.39, 0.29) is 5.91 Å². The summed E-state index contributed by atoms with van der Waals surface area (Å²) in [5, 5.41) is 12.5. The Hall–Kier alpha value is -4.81. The molecule has 2 heterocycles. The van der Waals surface area contributed by atoms with E-state index >= 15 is 0 Å². The monoisotopic (exact) mass is 572 g/mol. The van der Waals surface area contributed by atoms with Crippen molar-refractivity contribution in [3.8, 4) is 5.75 Å². The minimum atomic E-state index is -0.116. The van der Waals surface area contributed by atoms with Gasteiger partial charge < -0.3 is 35.5 Å². The van der Waals surface area contributed by atoms with E-state index in [0.717, 1.165) is 16.9 Å². The maximum Gasteiger partial charge on any atom is 0.251 e. The molecule has 0 saturated heterocycles. The lowest BCUT2D eigenvalue weighted by Gasteiger charge is -2.12. The van der Waals surface area contributed by atoms with E-state index in [0.29, 0.717) is 76.0 Å². The summed E-state index contributed by atoms with van der Waals surface area (Å²) in [5.74, 6) is 1.99. The van der Waals surface area contributed by atoms with Crippen LogP contribution in [0.2, 0.25) is 0 Å². The van der Waals surface area contributed by atoms with Crippen LogP contribution < -0.4 is 26.0 Å². The third-order valence-corrected chi connectivity index (χ3v) is 5.91. The number of amides is 1. The zero-order valence-electron chi connectivity index (χ0n) is 23.6. The Morgan fingerprint density at radius 3 is 1.86 bits per heavy atom. The average Bonchev–Trinajstić information content (AvgIpc) is 3.04. The first kappa shape index (κ1) is 30.2. The van der Waals surface area contributed by atoms with Crippen molar-refractivity contribution in [1.29, 1.82) is 0 Å². The van der Waals surface area contributed by atoms with Crippen molar-refractivity contribution in [3.05, 3.63) is 95.8 Å². The van der Waals surface area contributed by atoms with Gasteiger partial charge in [0.25, 0.3) is 5.91 Å². The van der Waals surface area contributed by atoms with Crippen molar-refractivity contribution in [1.82, 2.24) is 25.3 Å². The predicted octanol–water partition coefficient (Wildman–Crippen LogP) is 3.37. The number of rotatable bonds is 18. The molecule has 1 amide bonds. The van der Waals surface area contributed by atoms with E-state index in [1.165, 1.54) is 0 Å². The van der Waals surface area contributed by atoms with Crippen LogP contribution in [0.25, 0.3) is 0 Å². The van der Waals surface area contributed by atoms with E-state index in [2.05, 4.69) is 41.2 Å². The molecule has 0 fully saturated rings. The SMILES string of the molecule is COc1ccc(CNc2nc(NCCOCCOCCNC(=O)c3ccccc3)nc(NCc3ccncc3)n2)cc1. The second-order valence-electron chi connectivity index (χ2n) is 8.99. The number of anilines is 3. The Morgan fingerprint density at radius 2 is 1.24 bits per heavy atom. The third-order valence-electron chi connectivity index (χ3n) is 5.91. The van der Waals surface area contributed by atoms with Crippen molar-refractivity contribution < 1.29 is 19.0 Å². The average molecular weight is 573 g/mol. The largest absolute Gasteiger partial charge is 0.497 e. The number of aromatic nitrogens is 4. The molecule has 4 rings (SSSR count). The van der Waals surface area contributed by atoms with Gasteiger partial charge in [-0.2, -0.15) is 15.0 Å². The number of carbonyl (C=O) groups excluding carboxylic acids is 1. The molecule has 4 N–H and O–H groups in total. The Bertz CT molecular complexity index is 1340. The van der Waals surface area contributed by atoms with Crippen LogP contribution in [0, 0.1) is 0 Å². The number of nitrogens with one attached hydrogen (secondary N) is 4. The maximum atomic E-state index is 12.0. The predicted molar refractivity (Wildman–Crippen MR) is 161 cm³/mol. The Labute approximate surface area is 245 Å². The van der Waals surface area contributed by atoms with Gasteiger partial charge in [-0.3, -0.25) is 9.78 Å². The minimum absolute atomic E-state index is 0.116. The summed E-state index contributed by atoms with van der Waals surface area (Å²) >= 11 is 0. The summed E-state index contributed by atoms with van der Waals surface area (Å²) in [7, 11) is 1.64. The van der Waals surface area contributed by atoms with Gasteiger partial charge in [-0.1, -0.05) is 30.3 Å². The number of hydrogen-bond donors (Lipinski definition) is 4. The first-order valence-corrected chi connectivity index (χ1v) is 13.7. The summed E-state index contributed by atoms with van der Waals surface area (Å²) in [4.78, 5) is 29.6. The smallest absolute Gasteiger partial charge is 0.251 e. The molecular formula is C30H36N8O4. The number of methoxy groups -OCH3 is 1. The fourth-order valence-corrected chi connectivity index (χ4v) is 3.70. The van der Waals surface area contributed by atoms with Crippen LogP contribution >= 0.6 is 0 Å². The third kappa shape index (κ3) is 10.6. The van der Waals surface area contributed by atoms with Gasteiger partial charge in [-0.15, -0.1) is 0 Å². The van der Waals surface area contributed by atoms with Crippen LogP contribution in [0.1, 0.15) is 21.5 Å². The molecule has 12 nitrogen and oxygen atoms in total. The zero-order valence-corrected chi connectivity index (χ0v) is 23.6. The van der Waals surface area contributed by atoms with Gasteiger partial charge in [0.1, 0.15) is 5.75 Å². The van der Waals surface area contributed by atoms with Gasteiger partial charge in [-0.25, -0.2) is 0 Å². The Balaban J connectivity index is 1.18. The molecule has 2 aromatic carbocycles. The zero-order chi connectivity index (χ0) is 29.2. The molecule has 0 spiro atoms. The summed E-state index contributed by atoms with van der Waals surface area (Å²) in [5.41, 5.74) is 2.75. The standard InChI is InChI=1S/C30H36N8O4/c1-40-26-9-7-23(8-10-26)21-34-29-36-28(37-30(38-29)35-22-24-11-13-31-14-12-24)33-16-18-42-20-19-41-17-15-32-27(39)25-5-3-2-4-6-25/h2-14H,15-22H2,1H3,(H,32,39)(H3,33,34,35,36,37,38). The van der Waals surface area contributed by atoms with Gasteiger partial charge in [0, 0.05) is 44.1 Å². The second-order valence-corrected chi connectivity index (χ2v) is 8.99. The molecule has 0 aliphatic heterocycles. The lowest BCUT2D eigenvalue weighted by molar-refractivity contribution is 0.0519. The normalized spacial score (nSPS) is 10.6. The molecule has 0 aliphatic rings. The molecule has 220 valence electrons. The lowest BCUT2D eigenvalue weighted by atomic mass is 10.2. The summed E-state index contributed by atoms with van der Waals surface area (Å²) in [6.07, 6.45) is 3.49. The lowest BCUT2D eigenvalue weighted by Crippen LogP contribution is -2.27. The van der Waals surface area contributed by atoms with E-state index < -0.39 is 0 Å². The number of carbonyl (C=O) groups is 1. The Kier molecular flexibility index (Phi) is 12.3. The molecular weight excluding hydrogens is 536 g/mol. The van der Waals surface area contributed by atoms with Gasteiger partial charge >= 0.3 is 0 Å². The Morgan fingerprint density at radius 1 is 0.667 bits per heavy atom. The molecule has 0 saturated carbocycles. The summed E-state index contributed by atoms with van der Waals surface area (Å²) in [6.45, 7) is 3.72. The number of hydrogen-bond acceptors (Lipinski definition) is 11. The topological polar surface area (TPSA) is 144 Å². The van der Waals surface area contributed by atoms with Crippen LogP contribution in [0.3, 0.4) is 0 Å². The van der Waals surface area contributed by atoms with E-state index in [9.17, 15) is 4.79 Å². The van der Waals surface area contributed by atoms with E-state index in [1.807, 2.05) is 54.6 Å². The van der Waals surface area contributed by atoms with Crippen molar-refractivity contribution in [2.24, 2.45) is 0 Å². The summed E-state index contributed by atoms with van der Waals surface area (Å²) in [6, 6.07) is 20.7. The molecule has 0 aliphatic carbocycles. The van der Waals surface area contributed by atoms with E-state index in [4.69, 9.17) is 14.2 Å². The highest BCUT2D eigenvalue weighted by atomic mass is 16.5. The number of nitrogens with zero attached hydrogens (tertiary/aromatic N) is 4. The molecule has 0 unspecified atom stereocenters. The molecule has 0 radical (unpaired) electrons. The van der Waals surface area contributed by atoms with Gasteiger partial charge in [0.2, 0.25) is 17.8 Å². The molecule has 0 bridgehead atoms. The molecule has 12 heteroatoms. The molecule has 0 atom stereocenters. The van der Waals surface area contributed by atoms with Crippen molar-refractivity contribution >= 4 is 23.8 Å². The first-order chi connectivity index (χ1) is 20.7. The van der Waals surface area contributed by atoms with Gasteiger partial charge in [-0.05, 0) is 47.5 Å². The quantitative estimate of drug-likeness (QED) is 0.130. The summed E-state index contributed by atoms with van der Waals surface area (Å²) < 4.78 is 16.4. The fourth-order valence-electron chi connectivity index (χ4n) is 3.70.